The van der Waals surface area contributed by atoms with Crippen LogP contribution < -0.4 is 0 Å². The lowest BCUT2D eigenvalue weighted by Crippen LogP contribution is -1.87. The Morgan fingerprint density at radius 2 is 1.04 bits per heavy atom. The van der Waals surface area contributed by atoms with Crippen LogP contribution >= 0.6 is 22.7 Å². The number of fused-ring (bicyclic) bond motifs is 9. The second kappa shape index (κ2) is 11.2. The van der Waals surface area contributed by atoms with E-state index >= 15 is 0 Å². The number of aromatic nitrogens is 2. The minimum absolute atomic E-state index is 0.877. The van der Waals surface area contributed by atoms with E-state index in [1.165, 1.54) is 41.6 Å². The van der Waals surface area contributed by atoms with Gasteiger partial charge >= 0.3 is 0 Å². The SMILES string of the molecule is c1cc(-c2cnc3c(n2)sc2c(-c4cccc(-c5cccc6c5oc5ccccc56)c4)cccc23)cc(-c2cccc3c2sc2ccccc23)c1. The number of para-hydroxylation sites is 2. The lowest BCUT2D eigenvalue weighted by atomic mass is 9.97. The predicted molar refractivity (Wildman–Crippen MR) is 217 cm³/mol. The van der Waals surface area contributed by atoms with Crippen molar-refractivity contribution in [2.75, 3.05) is 0 Å². The molecule has 51 heavy (non-hydrogen) atoms. The second-order valence-corrected chi connectivity index (χ2v) is 15.0. The first-order chi connectivity index (χ1) is 25.3. The molecule has 0 aliphatic rings. The van der Waals surface area contributed by atoms with Gasteiger partial charge in [0.1, 0.15) is 21.5 Å². The summed E-state index contributed by atoms with van der Waals surface area (Å²) >= 11 is 3.57. The molecule has 4 heterocycles. The van der Waals surface area contributed by atoms with E-state index in [1.807, 2.05) is 29.7 Å². The average molecular weight is 687 g/mol. The largest absolute Gasteiger partial charge is 0.455 e. The van der Waals surface area contributed by atoms with Gasteiger partial charge in [-0.2, -0.15) is 0 Å². The van der Waals surface area contributed by atoms with Gasteiger partial charge in [0.05, 0.1) is 11.9 Å². The van der Waals surface area contributed by atoms with Gasteiger partial charge in [-0.15, -0.1) is 22.7 Å². The maximum atomic E-state index is 6.39. The third-order valence-corrected chi connectivity index (χ3v) is 12.3. The summed E-state index contributed by atoms with van der Waals surface area (Å²) < 4.78 is 10.2. The molecule has 0 unspecified atom stereocenters. The molecule has 0 aliphatic carbocycles. The van der Waals surface area contributed by atoms with Crippen LogP contribution in [-0.2, 0) is 0 Å². The summed E-state index contributed by atoms with van der Waals surface area (Å²) in [5, 5.41) is 6.02. The topological polar surface area (TPSA) is 38.9 Å². The molecule has 0 saturated heterocycles. The van der Waals surface area contributed by atoms with Crippen LogP contribution in [0.1, 0.15) is 0 Å². The molecular weight excluding hydrogens is 661 g/mol. The second-order valence-electron chi connectivity index (χ2n) is 12.9. The van der Waals surface area contributed by atoms with E-state index in [0.29, 0.717) is 0 Å². The highest BCUT2D eigenvalue weighted by Crippen LogP contribution is 2.43. The van der Waals surface area contributed by atoms with Gasteiger partial charge in [0.2, 0.25) is 0 Å². The minimum Gasteiger partial charge on any atom is -0.455 e. The molecule has 0 bridgehead atoms. The summed E-state index contributed by atoms with van der Waals surface area (Å²) in [6, 6.07) is 53.9. The summed E-state index contributed by atoms with van der Waals surface area (Å²) in [6.07, 6.45) is 1.93. The highest BCUT2D eigenvalue weighted by Gasteiger charge is 2.17. The third kappa shape index (κ3) is 4.49. The Labute approximate surface area is 300 Å². The van der Waals surface area contributed by atoms with Crippen LogP contribution in [0.5, 0.6) is 0 Å². The van der Waals surface area contributed by atoms with Crippen molar-refractivity contribution in [2.24, 2.45) is 0 Å². The molecule has 0 N–H and O–H groups in total. The number of benzene rings is 7. The molecule has 0 atom stereocenters. The first-order valence-electron chi connectivity index (χ1n) is 17.0. The van der Waals surface area contributed by atoms with Crippen molar-refractivity contribution in [3.8, 4) is 44.6 Å². The number of furan rings is 1. The van der Waals surface area contributed by atoms with E-state index in [4.69, 9.17) is 14.4 Å². The molecule has 0 radical (unpaired) electrons. The van der Waals surface area contributed by atoms with Crippen LogP contribution in [0, 0.1) is 0 Å². The smallest absolute Gasteiger partial charge is 0.143 e. The Hall–Kier alpha value is -6.14. The molecule has 0 fully saturated rings. The van der Waals surface area contributed by atoms with Crippen molar-refractivity contribution in [2.45, 2.75) is 0 Å². The van der Waals surface area contributed by atoms with Crippen LogP contribution in [-0.4, -0.2) is 9.97 Å². The molecule has 11 aromatic rings. The van der Waals surface area contributed by atoms with Crippen molar-refractivity contribution >= 4 is 85.2 Å². The maximum Gasteiger partial charge on any atom is 0.143 e. The monoisotopic (exact) mass is 686 g/mol. The summed E-state index contributed by atoms with van der Waals surface area (Å²) in [5.74, 6) is 0. The summed E-state index contributed by atoms with van der Waals surface area (Å²) in [6.45, 7) is 0. The van der Waals surface area contributed by atoms with Crippen molar-refractivity contribution < 1.29 is 4.42 Å². The van der Waals surface area contributed by atoms with Gasteiger partial charge in [0.25, 0.3) is 0 Å². The van der Waals surface area contributed by atoms with Gasteiger partial charge in [0, 0.05) is 52.2 Å². The average Bonchev–Trinajstić information content (AvgIpc) is 3.89. The molecular formula is C46H26N2OS2. The number of rotatable bonds is 4. The van der Waals surface area contributed by atoms with Crippen molar-refractivity contribution in [1.29, 1.82) is 0 Å². The van der Waals surface area contributed by atoms with Crippen LogP contribution in [0.25, 0.3) is 107 Å². The zero-order chi connectivity index (χ0) is 33.5. The molecule has 0 saturated carbocycles. The maximum absolute atomic E-state index is 6.39. The van der Waals surface area contributed by atoms with E-state index in [9.17, 15) is 0 Å². The highest BCUT2D eigenvalue weighted by molar-refractivity contribution is 7.26. The van der Waals surface area contributed by atoms with E-state index in [1.54, 1.807) is 11.3 Å². The standard InChI is InChI=1S/C46H26N2OS2/c1-3-22-40-34(14-1)36-19-7-16-31(43(36)49-40)27-10-5-11-28(24-27)33-18-9-21-38-42-46(51-45(33)38)48-39(26-47-42)30-13-6-12-29(25-30)32-17-8-20-37-35-15-2-4-23-41(35)50-44(32)37/h1-26H. The Morgan fingerprint density at radius 1 is 0.451 bits per heavy atom. The summed E-state index contributed by atoms with van der Waals surface area (Å²) in [7, 11) is 0. The Morgan fingerprint density at radius 3 is 1.86 bits per heavy atom. The molecule has 7 aromatic carbocycles. The first-order valence-corrected chi connectivity index (χ1v) is 18.6. The zero-order valence-corrected chi connectivity index (χ0v) is 28.8. The Balaban J connectivity index is 1.000. The number of nitrogens with zero attached hydrogens (tertiary/aromatic N) is 2. The van der Waals surface area contributed by atoms with E-state index in [-0.39, 0.29) is 0 Å². The lowest BCUT2D eigenvalue weighted by Gasteiger charge is -2.08. The van der Waals surface area contributed by atoms with Crippen LogP contribution in [0.3, 0.4) is 0 Å². The highest BCUT2D eigenvalue weighted by atomic mass is 32.1. The Bertz CT molecular complexity index is 3170. The molecule has 4 aromatic heterocycles. The molecule has 3 nitrogen and oxygen atoms in total. The van der Waals surface area contributed by atoms with Gasteiger partial charge in [-0.25, -0.2) is 4.98 Å². The minimum atomic E-state index is 0.877. The lowest BCUT2D eigenvalue weighted by molar-refractivity contribution is 0.670. The van der Waals surface area contributed by atoms with Gasteiger partial charge < -0.3 is 4.42 Å². The molecule has 0 amide bonds. The fourth-order valence-electron chi connectivity index (χ4n) is 7.57. The number of thiophene rings is 2. The molecule has 0 aliphatic heterocycles. The predicted octanol–water partition coefficient (Wildman–Crippen LogP) is 13.8. The molecule has 11 rings (SSSR count). The quantitative estimate of drug-likeness (QED) is 0.185. The van der Waals surface area contributed by atoms with Gasteiger partial charge in [-0.3, -0.25) is 4.98 Å². The first kappa shape index (κ1) is 28.7. The van der Waals surface area contributed by atoms with Gasteiger partial charge in [0.15, 0.2) is 0 Å². The summed E-state index contributed by atoms with van der Waals surface area (Å²) in [5.41, 5.74) is 11.7. The molecule has 5 heteroatoms. The normalized spacial score (nSPS) is 11.9. The van der Waals surface area contributed by atoms with Gasteiger partial charge in [-0.1, -0.05) is 127 Å². The van der Waals surface area contributed by atoms with E-state index < -0.39 is 0 Å². The summed E-state index contributed by atoms with van der Waals surface area (Å²) in [4.78, 5) is 11.2. The van der Waals surface area contributed by atoms with Crippen LogP contribution in [0.15, 0.2) is 162 Å². The zero-order valence-electron chi connectivity index (χ0n) is 27.1. The van der Waals surface area contributed by atoms with Crippen LogP contribution in [0.4, 0.5) is 0 Å². The van der Waals surface area contributed by atoms with Crippen molar-refractivity contribution in [3.05, 3.63) is 158 Å². The molecule has 0 spiro atoms. The third-order valence-electron chi connectivity index (χ3n) is 9.97. The van der Waals surface area contributed by atoms with Crippen molar-refractivity contribution in [1.82, 2.24) is 9.97 Å². The fourth-order valence-corrected chi connectivity index (χ4v) is 9.98. The Kier molecular flexibility index (Phi) is 6.29. The van der Waals surface area contributed by atoms with Gasteiger partial charge in [-0.05, 0) is 52.1 Å². The van der Waals surface area contributed by atoms with Crippen molar-refractivity contribution in [3.63, 3.8) is 0 Å². The van der Waals surface area contributed by atoms with E-state index in [0.717, 1.165) is 65.6 Å². The van der Waals surface area contributed by atoms with E-state index in [2.05, 4.69) is 140 Å². The van der Waals surface area contributed by atoms with Crippen LogP contribution in [0.2, 0.25) is 0 Å². The molecule has 238 valence electrons. The number of hydrogen-bond acceptors (Lipinski definition) is 5. The fraction of sp³-hybridized carbons (Fsp3) is 0. The number of hydrogen-bond donors (Lipinski definition) is 0.